The Labute approximate surface area is 138 Å². The molecule has 0 radical (unpaired) electrons. The topological polar surface area (TPSA) is 69.4 Å². The lowest BCUT2D eigenvalue weighted by Gasteiger charge is -2.09. The standard InChI is InChI=1S/C17H16FN3O3/c1-10-7-8-11(9-13(10)18)19-17-20-16(21-24-17)12-5-4-6-14(22-2)15(12)23-3/h4-9H,1-3H3,(H,19,20,21). The highest BCUT2D eigenvalue weighted by Gasteiger charge is 2.17. The van der Waals surface area contributed by atoms with Crippen LogP contribution in [0.4, 0.5) is 16.1 Å². The molecule has 0 aliphatic carbocycles. The number of para-hydroxylation sites is 1. The van der Waals surface area contributed by atoms with Gasteiger partial charge in [0, 0.05) is 5.69 Å². The van der Waals surface area contributed by atoms with Crippen molar-refractivity contribution in [2.45, 2.75) is 6.92 Å². The fraction of sp³-hybridized carbons (Fsp3) is 0.176. The van der Waals surface area contributed by atoms with Crippen LogP contribution in [0.2, 0.25) is 0 Å². The van der Waals surface area contributed by atoms with E-state index in [1.165, 1.54) is 13.2 Å². The molecule has 0 saturated carbocycles. The van der Waals surface area contributed by atoms with Crippen LogP contribution in [0.5, 0.6) is 11.5 Å². The molecule has 6 nitrogen and oxygen atoms in total. The minimum absolute atomic E-state index is 0.151. The Hall–Kier alpha value is -3.09. The summed E-state index contributed by atoms with van der Waals surface area (Å²) in [6.07, 6.45) is 0. The summed E-state index contributed by atoms with van der Waals surface area (Å²) in [6, 6.07) is 10.3. The number of benzene rings is 2. The number of anilines is 2. The van der Waals surface area contributed by atoms with Gasteiger partial charge in [-0.15, -0.1) is 0 Å². The molecule has 124 valence electrons. The van der Waals surface area contributed by atoms with Crippen LogP contribution in [0.15, 0.2) is 40.9 Å². The molecule has 1 aromatic heterocycles. The van der Waals surface area contributed by atoms with Crippen LogP contribution in [0.3, 0.4) is 0 Å². The van der Waals surface area contributed by atoms with Gasteiger partial charge in [0.2, 0.25) is 5.82 Å². The number of halogens is 1. The maximum Gasteiger partial charge on any atom is 0.326 e. The minimum atomic E-state index is -0.311. The third-order valence-electron chi connectivity index (χ3n) is 3.49. The van der Waals surface area contributed by atoms with Gasteiger partial charge in [0.05, 0.1) is 19.8 Å². The fourth-order valence-corrected chi connectivity index (χ4v) is 2.24. The van der Waals surface area contributed by atoms with Gasteiger partial charge in [0.15, 0.2) is 11.5 Å². The van der Waals surface area contributed by atoms with E-state index in [2.05, 4.69) is 15.5 Å². The molecule has 0 amide bonds. The third-order valence-corrected chi connectivity index (χ3v) is 3.49. The lowest BCUT2D eigenvalue weighted by molar-refractivity contribution is 0.355. The van der Waals surface area contributed by atoms with Crippen LogP contribution in [-0.4, -0.2) is 24.4 Å². The van der Waals surface area contributed by atoms with Gasteiger partial charge in [-0.1, -0.05) is 17.3 Å². The first-order valence-corrected chi connectivity index (χ1v) is 7.20. The van der Waals surface area contributed by atoms with Crippen LogP contribution in [0.25, 0.3) is 11.4 Å². The minimum Gasteiger partial charge on any atom is -0.493 e. The molecule has 0 spiro atoms. The first kappa shape index (κ1) is 15.8. The normalized spacial score (nSPS) is 10.5. The average molecular weight is 329 g/mol. The molecule has 0 fully saturated rings. The predicted octanol–water partition coefficient (Wildman–Crippen LogP) is 3.94. The van der Waals surface area contributed by atoms with Crippen LogP contribution >= 0.6 is 0 Å². The zero-order chi connectivity index (χ0) is 17.1. The van der Waals surface area contributed by atoms with E-state index >= 15 is 0 Å². The van der Waals surface area contributed by atoms with E-state index in [-0.39, 0.29) is 11.8 Å². The second-order valence-electron chi connectivity index (χ2n) is 5.05. The molecule has 1 N–H and O–H groups in total. The van der Waals surface area contributed by atoms with Crippen LogP contribution in [-0.2, 0) is 0 Å². The number of nitrogens with one attached hydrogen (secondary N) is 1. The first-order valence-electron chi connectivity index (χ1n) is 7.20. The van der Waals surface area contributed by atoms with Gasteiger partial charge >= 0.3 is 6.01 Å². The number of hydrogen-bond donors (Lipinski definition) is 1. The molecular weight excluding hydrogens is 313 g/mol. The molecule has 0 unspecified atom stereocenters. The lowest BCUT2D eigenvalue weighted by atomic mass is 10.2. The Morgan fingerprint density at radius 1 is 1.12 bits per heavy atom. The van der Waals surface area contributed by atoms with E-state index in [0.717, 1.165) is 0 Å². The van der Waals surface area contributed by atoms with Crippen molar-refractivity contribution < 1.29 is 18.4 Å². The number of hydrogen-bond acceptors (Lipinski definition) is 6. The van der Waals surface area contributed by atoms with Crippen molar-refractivity contribution in [1.82, 2.24) is 10.1 Å². The fourth-order valence-electron chi connectivity index (χ4n) is 2.24. The number of aromatic nitrogens is 2. The molecule has 24 heavy (non-hydrogen) atoms. The molecule has 1 heterocycles. The lowest BCUT2D eigenvalue weighted by Crippen LogP contribution is -1.95. The summed E-state index contributed by atoms with van der Waals surface area (Å²) in [5, 5.41) is 6.80. The van der Waals surface area contributed by atoms with Crippen molar-refractivity contribution in [3.8, 4) is 22.9 Å². The maximum atomic E-state index is 13.6. The van der Waals surface area contributed by atoms with Gasteiger partial charge in [0.1, 0.15) is 5.82 Å². The van der Waals surface area contributed by atoms with E-state index in [4.69, 9.17) is 14.0 Å². The van der Waals surface area contributed by atoms with Crippen LogP contribution < -0.4 is 14.8 Å². The number of aryl methyl sites for hydroxylation is 1. The van der Waals surface area contributed by atoms with E-state index in [0.29, 0.717) is 34.1 Å². The molecule has 3 aromatic rings. The Morgan fingerprint density at radius 3 is 2.67 bits per heavy atom. The number of ether oxygens (including phenoxy) is 2. The number of methoxy groups -OCH3 is 2. The number of rotatable bonds is 5. The molecular formula is C17H16FN3O3. The molecule has 2 aromatic carbocycles. The van der Waals surface area contributed by atoms with Gasteiger partial charge in [-0.25, -0.2) is 4.39 Å². The van der Waals surface area contributed by atoms with Crippen molar-refractivity contribution in [3.63, 3.8) is 0 Å². The van der Waals surface area contributed by atoms with E-state index in [1.54, 1.807) is 44.4 Å². The van der Waals surface area contributed by atoms with E-state index < -0.39 is 0 Å². The van der Waals surface area contributed by atoms with Gasteiger partial charge in [-0.05, 0) is 36.8 Å². The summed E-state index contributed by atoms with van der Waals surface area (Å²) in [6.45, 7) is 1.69. The highest BCUT2D eigenvalue weighted by molar-refractivity contribution is 5.69. The summed E-state index contributed by atoms with van der Waals surface area (Å²) >= 11 is 0. The summed E-state index contributed by atoms with van der Waals surface area (Å²) < 4.78 is 29.4. The molecule has 0 aliphatic rings. The summed E-state index contributed by atoms with van der Waals surface area (Å²) in [4.78, 5) is 4.26. The monoisotopic (exact) mass is 329 g/mol. The predicted molar refractivity (Wildman–Crippen MR) is 87.3 cm³/mol. The maximum absolute atomic E-state index is 13.6. The smallest absolute Gasteiger partial charge is 0.326 e. The largest absolute Gasteiger partial charge is 0.493 e. The highest BCUT2D eigenvalue weighted by Crippen LogP contribution is 2.36. The van der Waals surface area contributed by atoms with Crippen molar-refractivity contribution in [2.24, 2.45) is 0 Å². The highest BCUT2D eigenvalue weighted by atomic mass is 19.1. The van der Waals surface area contributed by atoms with Gasteiger partial charge in [0.25, 0.3) is 0 Å². The van der Waals surface area contributed by atoms with Crippen molar-refractivity contribution in [3.05, 3.63) is 47.8 Å². The molecule has 0 bridgehead atoms. The number of nitrogens with zero attached hydrogens (tertiary/aromatic N) is 2. The summed E-state index contributed by atoms with van der Waals surface area (Å²) in [5.41, 5.74) is 1.71. The van der Waals surface area contributed by atoms with Crippen LogP contribution in [0.1, 0.15) is 5.56 Å². The van der Waals surface area contributed by atoms with Crippen molar-refractivity contribution in [1.29, 1.82) is 0 Å². The van der Waals surface area contributed by atoms with Gasteiger partial charge in [-0.2, -0.15) is 4.98 Å². The first-order chi connectivity index (χ1) is 11.6. The van der Waals surface area contributed by atoms with E-state index in [1.807, 2.05) is 0 Å². The van der Waals surface area contributed by atoms with Crippen molar-refractivity contribution >= 4 is 11.7 Å². The Balaban J connectivity index is 1.89. The third kappa shape index (κ3) is 3.01. The Bertz CT molecular complexity index is 864. The zero-order valence-electron chi connectivity index (χ0n) is 13.5. The van der Waals surface area contributed by atoms with Crippen molar-refractivity contribution in [2.75, 3.05) is 19.5 Å². The second-order valence-corrected chi connectivity index (χ2v) is 5.05. The molecule has 0 atom stereocenters. The Morgan fingerprint density at radius 2 is 1.96 bits per heavy atom. The SMILES string of the molecule is COc1cccc(-c2noc(Nc3ccc(C)c(F)c3)n2)c1OC. The quantitative estimate of drug-likeness (QED) is 0.764. The van der Waals surface area contributed by atoms with E-state index in [9.17, 15) is 4.39 Å². The molecule has 0 aliphatic heterocycles. The molecule has 7 heteroatoms. The zero-order valence-corrected chi connectivity index (χ0v) is 13.5. The Kier molecular flexibility index (Phi) is 4.33. The summed E-state index contributed by atoms with van der Waals surface area (Å²) in [7, 11) is 3.09. The average Bonchev–Trinajstić information content (AvgIpc) is 3.05. The summed E-state index contributed by atoms with van der Waals surface area (Å²) in [5.74, 6) is 1.10. The second kappa shape index (κ2) is 6.57. The molecule has 0 saturated heterocycles. The van der Waals surface area contributed by atoms with Gasteiger partial charge in [-0.3, -0.25) is 0 Å². The van der Waals surface area contributed by atoms with Gasteiger partial charge < -0.3 is 19.3 Å². The van der Waals surface area contributed by atoms with Crippen LogP contribution in [0, 0.1) is 12.7 Å². The molecule has 3 rings (SSSR count).